The molecule has 47 heavy (non-hydrogen) atoms. The van der Waals surface area contributed by atoms with Crippen LogP contribution in [-0.2, 0) is 32.9 Å². The van der Waals surface area contributed by atoms with E-state index < -0.39 is 34.3 Å². The van der Waals surface area contributed by atoms with Crippen LogP contribution >= 0.6 is 11.6 Å². The summed E-state index contributed by atoms with van der Waals surface area (Å²) >= 11 is 6.33. The van der Waals surface area contributed by atoms with Crippen molar-refractivity contribution in [3.05, 3.63) is 81.0 Å². The first-order valence-corrected chi connectivity index (χ1v) is 15.4. The Kier molecular flexibility index (Phi) is 8.04. The van der Waals surface area contributed by atoms with Crippen LogP contribution in [0, 0.1) is 6.92 Å². The first kappa shape index (κ1) is 31.8. The number of piperazine rings is 1. The molecular formula is C33H33ClN6O7. The van der Waals surface area contributed by atoms with E-state index >= 15 is 0 Å². The van der Waals surface area contributed by atoms with Crippen molar-refractivity contribution in [1.82, 2.24) is 25.2 Å². The Morgan fingerprint density at radius 3 is 2.47 bits per heavy atom. The summed E-state index contributed by atoms with van der Waals surface area (Å²) in [5.41, 5.74) is -0.224. The fourth-order valence-electron chi connectivity index (χ4n) is 6.31. The molecule has 3 N–H and O–H groups in total. The summed E-state index contributed by atoms with van der Waals surface area (Å²) in [6.45, 7) is 8.23. The molecule has 1 fully saturated rings. The summed E-state index contributed by atoms with van der Waals surface area (Å²) in [5, 5.41) is 33.5. The second-order valence-electron chi connectivity index (χ2n) is 12.0. The van der Waals surface area contributed by atoms with Gasteiger partial charge < -0.3 is 30.1 Å². The quantitative estimate of drug-likeness (QED) is 0.194. The number of aromatic hydroxyl groups is 2. The number of nitrogens with one attached hydrogen (secondary N) is 1. The predicted molar refractivity (Wildman–Crippen MR) is 170 cm³/mol. The van der Waals surface area contributed by atoms with Crippen LogP contribution in [0.1, 0.15) is 48.0 Å². The number of carbonyl (C=O) groups is 4. The van der Waals surface area contributed by atoms with Crippen molar-refractivity contribution in [2.75, 3.05) is 31.1 Å². The molecule has 1 unspecified atom stereocenters. The Morgan fingerprint density at radius 1 is 1.09 bits per heavy atom. The number of phenols is 2. The Morgan fingerprint density at radius 2 is 1.79 bits per heavy atom. The number of para-hydroxylation sites is 1. The largest absolute Gasteiger partial charge is 0.507 e. The highest BCUT2D eigenvalue weighted by Gasteiger charge is 2.56. The molecule has 13 nitrogen and oxygen atoms in total. The third-order valence-electron chi connectivity index (χ3n) is 9.00. The molecule has 2 aliphatic heterocycles. The van der Waals surface area contributed by atoms with Gasteiger partial charge in [-0.3, -0.25) is 19.2 Å². The minimum absolute atomic E-state index is 0.00217. The molecule has 0 saturated carbocycles. The number of allylic oxidation sites excluding steroid dienone is 4. The molecule has 3 aliphatic rings. The number of phenolic OH excluding ortho intramolecular Hbond substituents is 2. The van der Waals surface area contributed by atoms with Crippen molar-refractivity contribution >= 4 is 40.5 Å². The van der Waals surface area contributed by atoms with E-state index in [-0.39, 0.29) is 58.5 Å². The van der Waals surface area contributed by atoms with Crippen LogP contribution in [-0.4, -0.2) is 79.5 Å². The molecule has 0 radical (unpaired) electrons. The highest BCUT2D eigenvalue weighted by Crippen LogP contribution is 2.57. The van der Waals surface area contributed by atoms with Crippen LogP contribution in [0.2, 0.25) is 5.02 Å². The van der Waals surface area contributed by atoms with Gasteiger partial charge in [0.2, 0.25) is 5.91 Å². The van der Waals surface area contributed by atoms with E-state index in [1.165, 1.54) is 25.5 Å². The molecule has 1 aromatic heterocycles. The Hall–Kier alpha value is -5.17. The lowest BCUT2D eigenvalue weighted by Gasteiger charge is -2.36. The summed E-state index contributed by atoms with van der Waals surface area (Å²) in [6, 6.07) is 7.62. The summed E-state index contributed by atoms with van der Waals surface area (Å²) in [5.74, 6) is -2.91. The molecule has 1 atom stereocenters. The Labute approximate surface area is 275 Å². The first-order chi connectivity index (χ1) is 22.3. The third-order valence-corrected chi connectivity index (χ3v) is 9.32. The predicted octanol–water partition coefficient (Wildman–Crippen LogP) is 2.95. The minimum atomic E-state index is -1.61. The van der Waals surface area contributed by atoms with E-state index in [1.807, 2.05) is 24.3 Å². The molecule has 0 bridgehead atoms. The number of Topliss-reactive ketones (excluding diaryl/α,β-unsaturated/α-hetero) is 2. The van der Waals surface area contributed by atoms with E-state index in [4.69, 9.17) is 16.3 Å². The van der Waals surface area contributed by atoms with Crippen molar-refractivity contribution in [2.45, 2.75) is 46.2 Å². The van der Waals surface area contributed by atoms with Crippen molar-refractivity contribution in [2.24, 2.45) is 0 Å². The van der Waals surface area contributed by atoms with Gasteiger partial charge in [0.25, 0.3) is 0 Å². The van der Waals surface area contributed by atoms with E-state index in [9.17, 15) is 29.4 Å². The molecular weight excluding hydrogens is 628 g/mol. The molecule has 1 saturated heterocycles. The second kappa shape index (κ2) is 11.9. The molecule has 0 spiro atoms. The van der Waals surface area contributed by atoms with Crippen LogP contribution in [0.25, 0.3) is 0 Å². The van der Waals surface area contributed by atoms with Crippen LogP contribution in [0.15, 0.2) is 53.6 Å². The smallest absolute Gasteiger partial charge is 0.244 e. The number of fused-ring (bicyclic) bond motifs is 3. The number of hydrogen-bond donors (Lipinski definition) is 3. The summed E-state index contributed by atoms with van der Waals surface area (Å²) in [7, 11) is 0. The highest BCUT2D eigenvalue weighted by molar-refractivity contribution is 6.33. The molecule has 1 aliphatic carbocycles. The van der Waals surface area contributed by atoms with Crippen molar-refractivity contribution in [3.63, 3.8) is 0 Å². The van der Waals surface area contributed by atoms with Crippen LogP contribution in [0.3, 0.4) is 0 Å². The van der Waals surface area contributed by atoms with Crippen LogP contribution < -0.4 is 15.0 Å². The molecule has 3 heterocycles. The maximum Gasteiger partial charge on any atom is 0.244 e. The zero-order valence-corrected chi connectivity index (χ0v) is 27.0. The van der Waals surface area contributed by atoms with Gasteiger partial charge in [0.15, 0.2) is 17.3 Å². The van der Waals surface area contributed by atoms with E-state index in [0.717, 1.165) is 11.8 Å². The Balaban J connectivity index is 1.13. The standard InChI is InChI=1S/C33H33ClN6O7/c1-17-29(44)27(19(3)41)31-28(30(17)45)33(4)24(47-31)13-23(42)26(32(33)46)18(2)35-14-20-15-40(37-36-20)16-25(43)39-11-9-38(10-12-39)22-8-6-5-7-21(22)34/h5-8,13,15,35,44-45H,9-12,14,16H2,1-4H3/b26-18+. The van der Waals surface area contributed by atoms with Gasteiger partial charge in [-0.2, -0.15) is 0 Å². The van der Waals surface area contributed by atoms with Gasteiger partial charge in [-0.05, 0) is 39.8 Å². The number of benzene rings is 2. The van der Waals surface area contributed by atoms with Gasteiger partial charge in [0, 0.05) is 43.5 Å². The number of ether oxygens (including phenoxy) is 1. The van der Waals surface area contributed by atoms with E-state index in [0.29, 0.717) is 36.9 Å². The number of aromatic nitrogens is 3. The van der Waals surface area contributed by atoms with Crippen LogP contribution in [0.4, 0.5) is 5.69 Å². The topological polar surface area (TPSA) is 167 Å². The van der Waals surface area contributed by atoms with Gasteiger partial charge in [-0.1, -0.05) is 28.9 Å². The highest BCUT2D eigenvalue weighted by atomic mass is 35.5. The SMILES string of the molecule is CC(=O)c1c(O)c(C)c(O)c2c1OC1=CC(=O)/C(=C(/C)NCc3cn(CC(=O)N4CCN(c5ccccc5Cl)CC4)nn3)C(=O)C12C. The second-order valence-corrected chi connectivity index (χ2v) is 12.4. The van der Waals surface area contributed by atoms with Gasteiger partial charge in [0.1, 0.15) is 46.2 Å². The number of ketones is 3. The summed E-state index contributed by atoms with van der Waals surface area (Å²) in [6.07, 6.45) is 2.78. The minimum Gasteiger partial charge on any atom is -0.507 e. The number of anilines is 1. The average Bonchev–Trinajstić information content (AvgIpc) is 3.61. The molecule has 3 aromatic rings. The maximum absolute atomic E-state index is 14.0. The molecule has 1 amide bonds. The lowest BCUT2D eigenvalue weighted by molar-refractivity contribution is -0.132. The number of carbonyl (C=O) groups excluding carboxylic acids is 4. The normalized spacial score (nSPS) is 20.0. The zero-order valence-electron chi connectivity index (χ0n) is 26.3. The lowest BCUT2D eigenvalue weighted by atomic mass is 9.70. The van der Waals surface area contributed by atoms with Gasteiger partial charge in [-0.15, -0.1) is 5.10 Å². The zero-order chi connectivity index (χ0) is 33.8. The number of rotatable bonds is 7. The van der Waals surface area contributed by atoms with Crippen molar-refractivity contribution < 1.29 is 34.1 Å². The fraction of sp³-hybridized carbons (Fsp3) is 0.333. The number of amides is 1. The number of halogens is 1. The molecule has 14 heteroatoms. The molecule has 2 aromatic carbocycles. The van der Waals surface area contributed by atoms with E-state index in [2.05, 4.69) is 20.5 Å². The monoisotopic (exact) mass is 660 g/mol. The van der Waals surface area contributed by atoms with Gasteiger partial charge in [0.05, 0.1) is 34.6 Å². The van der Waals surface area contributed by atoms with Crippen LogP contribution in [0.5, 0.6) is 17.2 Å². The van der Waals surface area contributed by atoms with E-state index in [1.54, 1.807) is 18.0 Å². The fourth-order valence-corrected chi connectivity index (χ4v) is 6.57. The Bertz CT molecular complexity index is 1920. The molecule has 244 valence electrons. The van der Waals surface area contributed by atoms with Crippen molar-refractivity contribution in [1.29, 1.82) is 0 Å². The van der Waals surface area contributed by atoms with Crippen molar-refractivity contribution in [3.8, 4) is 17.2 Å². The lowest BCUT2D eigenvalue weighted by Crippen LogP contribution is -2.49. The summed E-state index contributed by atoms with van der Waals surface area (Å²) in [4.78, 5) is 56.5. The summed E-state index contributed by atoms with van der Waals surface area (Å²) < 4.78 is 7.25. The molecule has 6 rings (SSSR count). The van der Waals surface area contributed by atoms with Gasteiger partial charge in [-0.25, -0.2) is 4.68 Å². The number of nitrogens with zero attached hydrogens (tertiary/aromatic N) is 5. The maximum atomic E-state index is 14.0. The number of hydrogen-bond acceptors (Lipinski definition) is 11. The third kappa shape index (κ3) is 5.29. The van der Waals surface area contributed by atoms with Gasteiger partial charge >= 0.3 is 0 Å². The average molecular weight is 661 g/mol. The first-order valence-electron chi connectivity index (χ1n) is 15.0.